The number of aliphatic hydroxyl groups is 4. The van der Waals surface area contributed by atoms with Crippen molar-refractivity contribution in [3.63, 3.8) is 0 Å². The van der Waals surface area contributed by atoms with Gasteiger partial charge >= 0.3 is 5.97 Å². The van der Waals surface area contributed by atoms with Gasteiger partial charge in [0.25, 0.3) is 11.9 Å². The van der Waals surface area contributed by atoms with E-state index < -0.39 is 60.9 Å². The van der Waals surface area contributed by atoms with Gasteiger partial charge in [-0.25, -0.2) is 4.79 Å². The highest BCUT2D eigenvalue weighted by Gasteiger charge is 2.47. The van der Waals surface area contributed by atoms with Crippen molar-refractivity contribution in [1.29, 1.82) is 0 Å². The number of phenolic OH excluding ortho intramolecular Hbond substituents is 6. The second-order valence-electron chi connectivity index (χ2n) is 10.1. The van der Waals surface area contributed by atoms with Crippen LogP contribution in [0.4, 0.5) is 0 Å². The number of carbonyl (C=O) groups excluding carboxylic acids is 1. The van der Waals surface area contributed by atoms with Crippen LogP contribution >= 0.6 is 0 Å². The van der Waals surface area contributed by atoms with Crippen molar-refractivity contribution < 1.29 is 69.7 Å². The maximum absolute atomic E-state index is 12.3. The topological polar surface area (TPSA) is 240 Å². The van der Waals surface area contributed by atoms with E-state index in [1.54, 1.807) is 0 Å². The quantitative estimate of drug-likeness (QED) is 0.0792. The summed E-state index contributed by atoms with van der Waals surface area (Å²) < 4.78 is 21.2. The van der Waals surface area contributed by atoms with Gasteiger partial charge in [-0.2, -0.15) is 0 Å². The van der Waals surface area contributed by atoms with Gasteiger partial charge in [0.1, 0.15) is 48.1 Å². The summed E-state index contributed by atoms with van der Waals surface area (Å²) in [6.07, 6.45) is -5.71. The average Bonchev–Trinajstić information content (AvgIpc) is 2.98. The van der Waals surface area contributed by atoms with E-state index in [4.69, 9.17) is 14.2 Å². The van der Waals surface area contributed by atoms with Crippen LogP contribution in [0.25, 0.3) is 12.2 Å². The molecule has 44 heavy (non-hydrogen) atoms. The molecule has 2 aliphatic heterocycles. The van der Waals surface area contributed by atoms with E-state index in [2.05, 4.69) is 4.74 Å². The molecule has 232 valence electrons. The summed E-state index contributed by atoms with van der Waals surface area (Å²) in [6, 6.07) is 10.1. The number of rotatable bonds is 7. The lowest BCUT2D eigenvalue weighted by Gasteiger charge is -2.40. The molecular formula is C30H29O14+. The number of hydrogen-bond acceptors (Lipinski definition) is 13. The van der Waals surface area contributed by atoms with E-state index in [1.165, 1.54) is 54.6 Å². The molecule has 0 saturated carbocycles. The molecular weight excluding hydrogens is 584 g/mol. The lowest BCUT2D eigenvalue weighted by atomic mass is 9.98. The predicted octanol–water partition coefficient (Wildman–Crippen LogP) is 1.34. The van der Waals surface area contributed by atoms with Crippen LogP contribution in [-0.4, -0.2) is 94.0 Å². The maximum atomic E-state index is 12.3. The van der Waals surface area contributed by atoms with Gasteiger partial charge in [0.05, 0.1) is 11.6 Å². The summed E-state index contributed by atoms with van der Waals surface area (Å²) in [5.74, 6) is -2.97. The molecule has 0 radical (unpaired) electrons. The van der Waals surface area contributed by atoms with Crippen LogP contribution in [0.15, 0.2) is 60.4 Å². The standard InChI is InChI=1S/C30H28O14/c31-15-9-19(34)16-11-23(29(42-22(16)10-15)14-3-5-18(33)21(36)8-14)43-30-28(40)27(39)26(38)24(44-30)12-41-25(37)6-2-13-1-4-17(32)20(35)7-13/h1-11,24,26-36,38-40H,12H2/p+1. The molecule has 10 N–H and O–H groups in total. The second kappa shape index (κ2) is 12.2. The van der Waals surface area contributed by atoms with Crippen molar-refractivity contribution in [2.75, 3.05) is 6.61 Å². The fourth-order valence-corrected chi connectivity index (χ4v) is 4.64. The molecule has 2 aliphatic rings. The first-order valence-corrected chi connectivity index (χ1v) is 13.1. The molecule has 1 saturated heterocycles. The zero-order chi connectivity index (χ0) is 31.7. The normalized spacial score (nSPS) is 24.7. The summed E-state index contributed by atoms with van der Waals surface area (Å²) in [6.45, 7) is -0.573. The molecule has 0 amide bonds. The third-order valence-electron chi connectivity index (χ3n) is 6.98. The van der Waals surface area contributed by atoms with Gasteiger partial charge in [-0.15, -0.1) is 0 Å². The minimum Gasteiger partial charge on any atom is -0.571 e. The first-order chi connectivity index (χ1) is 20.9. The highest BCUT2D eigenvalue weighted by molar-refractivity contribution is 5.87. The Morgan fingerprint density at radius 2 is 1.52 bits per heavy atom. The Morgan fingerprint density at radius 3 is 2.23 bits per heavy atom. The van der Waals surface area contributed by atoms with Crippen molar-refractivity contribution in [2.24, 2.45) is 0 Å². The lowest BCUT2D eigenvalue weighted by molar-refractivity contribution is -0.296. The minimum absolute atomic E-state index is 0.0490. The van der Waals surface area contributed by atoms with Gasteiger partial charge in [0.2, 0.25) is 6.29 Å². The van der Waals surface area contributed by atoms with Crippen LogP contribution in [0.1, 0.15) is 22.8 Å². The molecule has 5 rings (SSSR count). The van der Waals surface area contributed by atoms with E-state index in [0.717, 1.165) is 12.1 Å². The van der Waals surface area contributed by atoms with E-state index in [9.17, 15) is 50.8 Å². The Morgan fingerprint density at radius 1 is 0.818 bits per heavy atom. The van der Waals surface area contributed by atoms with Gasteiger partial charge < -0.3 is 64.9 Å². The summed E-state index contributed by atoms with van der Waals surface area (Å²) in [7, 11) is 0. The lowest BCUT2D eigenvalue weighted by Crippen LogP contribution is -2.59. The molecule has 6 atom stereocenters. The Bertz CT molecular complexity index is 1620. The van der Waals surface area contributed by atoms with Crippen LogP contribution in [0.2, 0.25) is 0 Å². The molecule has 1 fully saturated rings. The van der Waals surface area contributed by atoms with E-state index in [0.29, 0.717) is 11.1 Å². The third-order valence-corrected chi connectivity index (χ3v) is 6.98. The van der Waals surface area contributed by atoms with Gasteiger partial charge in [0.15, 0.2) is 28.8 Å². The number of hydrogen-bond donors (Lipinski definition) is 9. The van der Waals surface area contributed by atoms with Crippen LogP contribution in [0.3, 0.4) is 0 Å². The summed E-state index contributed by atoms with van der Waals surface area (Å²) in [5.41, 5.74) is 0.816. The predicted molar refractivity (Wildman–Crippen MR) is 149 cm³/mol. The highest BCUT2D eigenvalue weighted by atomic mass is 16.7. The molecule has 0 spiro atoms. The number of aliphatic hydroxyl groups excluding tert-OH is 3. The molecule has 0 bridgehead atoms. The molecule has 3 aromatic carbocycles. The number of ether oxygens (including phenoxy) is 4. The first-order valence-electron chi connectivity index (χ1n) is 13.1. The van der Waals surface area contributed by atoms with Crippen molar-refractivity contribution in [3.05, 3.63) is 77.1 Å². The number of aromatic hydroxyl groups is 7. The SMILES string of the molecule is O=C(C=Cc1ccc(O)c(O)c1)OCC1OC(OC2=Cc3c(O)cc(O)cc3[OH+]C2c2ccc(O)c(O)c2)C(O)C(O)C1O. The smallest absolute Gasteiger partial charge is 0.330 e. The van der Waals surface area contributed by atoms with Crippen LogP contribution in [-0.2, 0) is 19.0 Å². The summed E-state index contributed by atoms with van der Waals surface area (Å²) >= 11 is 0. The number of carbonyl (C=O) groups is 1. The van der Waals surface area contributed by atoms with Gasteiger partial charge in [0, 0.05) is 18.2 Å². The van der Waals surface area contributed by atoms with Crippen LogP contribution in [0, 0.1) is 0 Å². The first kappa shape index (κ1) is 30.3. The number of fused-ring (bicyclic) bond motifs is 1. The maximum Gasteiger partial charge on any atom is 0.330 e. The Balaban J connectivity index is 1.35. The number of phenols is 6. The third kappa shape index (κ3) is 6.28. The van der Waals surface area contributed by atoms with Gasteiger partial charge in [-0.1, -0.05) is 6.07 Å². The largest absolute Gasteiger partial charge is 0.571 e. The minimum atomic E-state index is -1.80. The average molecular weight is 614 g/mol. The summed E-state index contributed by atoms with van der Waals surface area (Å²) in [4.78, 5) is 12.3. The van der Waals surface area contributed by atoms with E-state index in [1.807, 2.05) is 0 Å². The Labute approximate surface area is 248 Å². The molecule has 3 aromatic rings. The zero-order valence-corrected chi connectivity index (χ0v) is 22.6. The van der Waals surface area contributed by atoms with Crippen molar-refractivity contribution >= 4 is 18.1 Å². The second-order valence-corrected chi connectivity index (χ2v) is 10.1. The molecule has 6 unspecified atom stereocenters. The zero-order valence-electron chi connectivity index (χ0n) is 22.6. The molecule has 14 nitrogen and oxygen atoms in total. The van der Waals surface area contributed by atoms with Crippen molar-refractivity contribution in [2.45, 2.75) is 36.8 Å². The van der Waals surface area contributed by atoms with Gasteiger partial charge in [-0.3, -0.25) is 0 Å². The van der Waals surface area contributed by atoms with Gasteiger partial charge in [-0.05, 0) is 42.0 Å². The Kier molecular flexibility index (Phi) is 8.42. The van der Waals surface area contributed by atoms with E-state index in [-0.39, 0.29) is 40.1 Å². The van der Waals surface area contributed by atoms with Crippen molar-refractivity contribution in [1.82, 2.24) is 0 Å². The van der Waals surface area contributed by atoms with Crippen LogP contribution < -0.4 is 0 Å². The fraction of sp³-hybridized carbons (Fsp3) is 0.233. The molecule has 2 heterocycles. The summed E-state index contributed by atoms with van der Waals surface area (Å²) in [5, 5.41) is 90.9. The molecule has 14 heteroatoms. The monoisotopic (exact) mass is 613 g/mol. The number of benzene rings is 3. The molecule has 0 aliphatic carbocycles. The Hall–Kier alpha value is -5.15. The number of esters is 1. The van der Waals surface area contributed by atoms with Crippen LogP contribution in [0.5, 0.6) is 40.2 Å². The fourth-order valence-electron chi connectivity index (χ4n) is 4.64. The molecule has 0 aromatic heterocycles. The van der Waals surface area contributed by atoms with E-state index >= 15 is 0 Å². The highest BCUT2D eigenvalue weighted by Crippen LogP contribution is 2.46. The van der Waals surface area contributed by atoms with Crippen molar-refractivity contribution in [3.8, 4) is 40.2 Å².